The zero-order chi connectivity index (χ0) is 16.5. The molecule has 1 atom stereocenters. The molecule has 0 aromatic rings. The van der Waals surface area contributed by atoms with Gasteiger partial charge in [-0.05, 0) is 38.5 Å². The number of piperazine rings is 1. The molecule has 5 heteroatoms. The zero-order valence-corrected chi connectivity index (χ0v) is 14.6. The number of nitrogens with zero attached hydrogens (tertiary/aromatic N) is 2. The molecule has 132 valence electrons. The lowest BCUT2D eigenvalue weighted by molar-refractivity contribution is -0.122. The van der Waals surface area contributed by atoms with E-state index in [-0.39, 0.29) is 18.6 Å². The van der Waals surface area contributed by atoms with Gasteiger partial charge in [0.25, 0.3) is 0 Å². The minimum absolute atomic E-state index is 0.143. The molecule has 2 rings (SSSR count). The van der Waals surface area contributed by atoms with Gasteiger partial charge in [0, 0.05) is 38.8 Å². The maximum atomic E-state index is 12.1. The third kappa shape index (κ3) is 6.24. The van der Waals surface area contributed by atoms with Gasteiger partial charge in [-0.25, -0.2) is 0 Å². The molecule has 1 heterocycles. The third-order valence-electron chi connectivity index (χ3n) is 5.13. The lowest BCUT2D eigenvalue weighted by atomic mass is 9.97. The van der Waals surface area contributed by atoms with E-state index >= 15 is 0 Å². The summed E-state index contributed by atoms with van der Waals surface area (Å²) >= 11 is 0. The molecule has 1 amide bonds. The Hall–Kier alpha value is -0.910. The van der Waals surface area contributed by atoms with E-state index in [4.69, 9.17) is 0 Å². The molecule has 2 aliphatic rings. The van der Waals surface area contributed by atoms with E-state index in [1.807, 2.05) is 0 Å². The molecule has 1 aliphatic heterocycles. The van der Waals surface area contributed by atoms with E-state index in [2.05, 4.69) is 28.1 Å². The molecule has 23 heavy (non-hydrogen) atoms. The minimum atomic E-state index is 0.143. The molecule has 1 unspecified atom stereocenters. The number of aliphatic hydroxyl groups is 1. The summed E-state index contributed by atoms with van der Waals surface area (Å²) in [6, 6.07) is 0.273. The van der Waals surface area contributed by atoms with Crippen LogP contribution in [0.1, 0.15) is 45.4 Å². The van der Waals surface area contributed by atoms with Crippen molar-refractivity contribution in [3.05, 3.63) is 11.6 Å². The van der Waals surface area contributed by atoms with Crippen LogP contribution in [0.5, 0.6) is 0 Å². The van der Waals surface area contributed by atoms with Crippen LogP contribution >= 0.6 is 0 Å². The van der Waals surface area contributed by atoms with E-state index < -0.39 is 0 Å². The van der Waals surface area contributed by atoms with Gasteiger partial charge in [0.15, 0.2) is 0 Å². The molecule has 0 aromatic heterocycles. The van der Waals surface area contributed by atoms with Crippen LogP contribution in [0.3, 0.4) is 0 Å². The highest BCUT2D eigenvalue weighted by molar-refractivity contribution is 5.78. The Morgan fingerprint density at radius 2 is 2.09 bits per heavy atom. The van der Waals surface area contributed by atoms with Crippen molar-refractivity contribution < 1.29 is 9.90 Å². The molecule has 0 saturated carbocycles. The van der Waals surface area contributed by atoms with Crippen LogP contribution in [0.25, 0.3) is 0 Å². The van der Waals surface area contributed by atoms with E-state index in [0.717, 1.165) is 45.6 Å². The van der Waals surface area contributed by atoms with Crippen molar-refractivity contribution in [3.63, 3.8) is 0 Å². The Balaban J connectivity index is 1.60. The maximum absolute atomic E-state index is 12.1. The molecule has 0 spiro atoms. The summed E-state index contributed by atoms with van der Waals surface area (Å²) in [6.45, 7) is 7.33. The standard InChI is InChI=1S/C18H33N3O2/c1-2-17(15-22)21-12-10-20(11-13-21)14-18(23)19-9-8-16-6-4-3-5-7-16/h6,17,22H,2-5,7-15H2,1H3,(H,19,23). The van der Waals surface area contributed by atoms with Gasteiger partial charge in [0.1, 0.15) is 0 Å². The molecular formula is C18H33N3O2. The molecule has 0 bridgehead atoms. The van der Waals surface area contributed by atoms with Gasteiger partial charge in [0.2, 0.25) is 5.91 Å². The number of nitrogens with one attached hydrogen (secondary N) is 1. The van der Waals surface area contributed by atoms with Gasteiger partial charge in [-0.15, -0.1) is 0 Å². The van der Waals surface area contributed by atoms with Crippen molar-refractivity contribution >= 4 is 5.91 Å². The van der Waals surface area contributed by atoms with Crippen LogP contribution < -0.4 is 5.32 Å². The number of carbonyl (C=O) groups excluding carboxylic acids is 1. The second-order valence-corrected chi connectivity index (χ2v) is 6.76. The van der Waals surface area contributed by atoms with Gasteiger partial charge < -0.3 is 10.4 Å². The minimum Gasteiger partial charge on any atom is -0.395 e. The van der Waals surface area contributed by atoms with Gasteiger partial charge in [-0.1, -0.05) is 18.6 Å². The second-order valence-electron chi connectivity index (χ2n) is 6.76. The fraction of sp³-hybridized carbons (Fsp3) is 0.833. The molecule has 0 aromatic carbocycles. The Bertz CT molecular complexity index is 386. The van der Waals surface area contributed by atoms with Crippen molar-refractivity contribution in [1.29, 1.82) is 0 Å². The Labute approximate surface area is 140 Å². The topological polar surface area (TPSA) is 55.8 Å². The van der Waals surface area contributed by atoms with Crippen LogP contribution in [-0.4, -0.2) is 72.7 Å². The zero-order valence-electron chi connectivity index (χ0n) is 14.6. The number of aliphatic hydroxyl groups excluding tert-OH is 1. The predicted octanol–water partition coefficient (Wildman–Crippen LogP) is 1.38. The first-order valence-electron chi connectivity index (χ1n) is 9.24. The van der Waals surface area contributed by atoms with Crippen molar-refractivity contribution in [2.45, 2.75) is 51.5 Å². The van der Waals surface area contributed by atoms with Crippen molar-refractivity contribution in [3.8, 4) is 0 Å². The molecule has 0 radical (unpaired) electrons. The smallest absolute Gasteiger partial charge is 0.234 e. The molecule has 1 fully saturated rings. The molecule has 1 saturated heterocycles. The first-order valence-corrected chi connectivity index (χ1v) is 9.24. The highest BCUT2D eigenvalue weighted by Gasteiger charge is 2.23. The largest absolute Gasteiger partial charge is 0.395 e. The highest BCUT2D eigenvalue weighted by Crippen LogP contribution is 2.19. The summed E-state index contributed by atoms with van der Waals surface area (Å²) in [4.78, 5) is 16.6. The first kappa shape index (κ1) is 18.4. The summed E-state index contributed by atoms with van der Waals surface area (Å²) in [5.74, 6) is 0.143. The number of hydrogen-bond acceptors (Lipinski definition) is 4. The van der Waals surface area contributed by atoms with Crippen LogP contribution in [0, 0.1) is 0 Å². The average molecular weight is 323 g/mol. The number of carbonyl (C=O) groups is 1. The van der Waals surface area contributed by atoms with Gasteiger partial charge in [-0.3, -0.25) is 14.6 Å². The highest BCUT2D eigenvalue weighted by atomic mass is 16.3. The maximum Gasteiger partial charge on any atom is 0.234 e. The molecule has 1 aliphatic carbocycles. The quantitative estimate of drug-likeness (QED) is 0.663. The monoisotopic (exact) mass is 323 g/mol. The Morgan fingerprint density at radius 3 is 2.70 bits per heavy atom. The number of amides is 1. The Kier molecular flexibility index (Phi) is 8.06. The van der Waals surface area contributed by atoms with Gasteiger partial charge in [0.05, 0.1) is 13.2 Å². The summed E-state index contributed by atoms with van der Waals surface area (Å²) in [6.07, 6.45) is 9.37. The van der Waals surface area contributed by atoms with E-state index in [1.54, 1.807) is 0 Å². The van der Waals surface area contributed by atoms with Crippen molar-refractivity contribution in [1.82, 2.24) is 15.1 Å². The number of rotatable bonds is 8. The molecule has 5 nitrogen and oxygen atoms in total. The normalized spacial score (nSPS) is 21.7. The summed E-state index contributed by atoms with van der Waals surface area (Å²) in [7, 11) is 0. The Morgan fingerprint density at radius 1 is 1.30 bits per heavy atom. The fourth-order valence-corrected chi connectivity index (χ4v) is 3.54. The van der Waals surface area contributed by atoms with Crippen molar-refractivity contribution in [2.75, 3.05) is 45.9 Å². The molecule has 2 N–H and O–H groups in total. The fourth-order valence-electron chi connectivity index (χ4n) is 3.54. The predicted molar refractivity (Wildman–Crippen MR) is 93.4 cm³/mol. The van der Waals surface area contributed by atoms with Crippen LogP contribution in [0.2, 0.25) is 0 Å². The second kappa shape index (κ2) is 10.1. The average Bonchev–Trinajstić information content (AvgIpc) is 2.58. The SMILES string of the molecule is CCC(CO)N1CCN(CC(=O)NCCC2=CCCCC2)CC1. The number of hydrogen-bond donors (Lipinski definition) is 2. The van der Waals surface area contributed by atoms with Gasteiger partial charge in [-0.2, -0.15) is 0 Å². The first-order chi connectivity index (χ1) is 11.2. The van der Waals surface area contributed by atoms with Crippen LogP contribution in [0.15, 0.2) is 11.6 Å². The van der Waals surface area contributed by atoms with Crippen LogP contribution in [0.4, 0.5) is 0 Å². The van der Waals surface area contributed by atoms with Crippen LogP contribution in [-0.2, 0) is 4.79 Å². The summed E-state index contributed by atoms with van der Waals surface area (Å²) in [5.41, 5.74) is 1.51. The van der Waals surface area contributed by atoms with E-state index in [1.165, 1.54) is 31.3 Å². The summed E-state index contributed by atoms with van der Waals surface area (Å²) < 4.78 is 0. The van der Waals surface area contributed by atoms with E-state index in [9.17, 15) is 9.90 Å². The van der Waals surface area contributed by atoms with E-state index in [0.29, 0.717) is 6.54 Å². The lowest BCUT2D eigenvalue weighted by Crippen LogP contribution is -2.53. The third-order valence-corrected chi connectivity index (χ3v) is 5.13. The number of allylic oxidation sites excluding steroid dienone is 1. The summed E-state index contributed by atoms with van der Waals surface area (Å²) in [5, 5.41) is 12.4. The van der Waals surface area contributed by atoms with Crippen molar-refractivity contribution in [2.24, 2.45) is 0 Å². The lowest BCUT2D eigenvalue weighted by Gasteiger charge is -2.38. The molecular weight excluding hydrogens is 290 g/mol. The van der Waals surface area contributed by atoms with Gasteiger partial charge >= 0.3 is 0 Å².